The number of carbonyl (C=O) groups is 2. The quantitative estimate of drug-likeness (QED) is 0.464. The summed E-state index contributed by atoms with van der Waals surface area (Å²) >= 11 is 0. The number of carbonyl (C=O) groups excluding carboxylic acids is 1. The van der Waals surface area contributed by atoms with Crippen LogP contribution in [-0.2, 0) is 9.59 Å². The molecular weight excluding hydrogens is 162 g/mol. The molecule has 0 spiro atoms. The maximum atomic E-state index is 10.7. The molecule has 0 aromatic rings. The number of aliphatic carboxylic acids is 1. The first-order valence-electron chi connectivity index (χ1n) is 3.81. The maximum Gasteiger partial charge on any atom is 0.375 e. The molecule has 1 saturated heterocycles. The van der Waals surface area contributed by atoms with Gasteiger partial charge in [0.2, 0.25) is 0 Å². The lowest BCUT2D eigenvalue weighted by Crippen LogP contribution is -2.43. The van der Waals surface area contributed by atoms with Crippen LogP contribution in [0.25, 0.3) is 0 Å². The number of ketones is 1. The second kappa shape index (κ2) is 3.64. The van der Waals surface area contributed by atoms with Gasteiger partial charge in [0, 0.05) is 6.04 Å². The Balaban J connectivity index is 2.51. The fraction of sp³-hybridized carbons (Fsp3) is 0.714. The zero-order valence-electron chi connectivity index (χ0n) is 6.49. The Labute approximate surface area is 69.4 Å². The van der Waals surface area contributed by atoms with Gasteiger partial charge in [0.15, 0.2) is 0 Å². The lowest BCUT2D eigenvalue weighted by atomic mass is 10.1. The number of Topliss-reactive ketones (excluding diaryl/α,β-unsaturated/α-hetero) is 1. The van der Waals surface area contributed by atoms with Crippen molar-refractivity contribution in [1.29, 1.82) is 0 Å². The molecule has 0 bridgehead atoms. The summed E-state index contributed by atoms with van der Waals surface area (Å²) in [4.78, 5) is 20.9. The Morgan fingerprint density at radius 2 is 2.17 bits per heavy atom. The van der Waals surface area contributed by atoms with Crippen LogP contribution in [0.4, 0.5) is 0 Å². The summed E-state index contributed by atoms with van der Waals surface area (Å²) in [6.45, 7) is 0.731. The van der Waals surface area contributed by atoms with Gasteiger partial charge in [0.1, 0.15) is 6.10 Å². The van der Waals surface area contributed by atoms with Crippen molar-refractivity contribution < 1.29 is 19.8 Å². The molecule has 68 valence electrons. The SMILES string of the molecule is O=C(O)C(=O)C(O)[C@@H]1CCCN1. The average molecular weight is 173 g/mol. The maximum absolute atomic E-state index is 10.7. The van der Waals surface area contributed by atoms with Crippen molar-refractivity contribution >= 4 is 11.8 Å². The number of aliphatic hydroxyl groups excluding tert-OH is 1. The Bertz CT molecular complexity index is 198. The first kappa shape index (κ1) is 9.15. The van der Waals surface area contributed by atoms with Crippen LogP contribution in [0.3, 0.4) is 0 Å². The minimum Gasteiger partial charge on any atom is -0.475 e. The third-order valence-electron chi connectivity index (χ3n) is 1.96. The highest BCUT2D eigenvalue weighted by Crippen LogP contribution is 2.09. The number of nitrogens with one attached hydrogen (secondary N) is 1. The molecule has 1 unspecified atom stereocenters. The summed E-state index contributed by atoms with van der Waals surface area (Å²) in [5.41, 5.74) is 0. The molecule has 2 atom stereocenters. The number of carboxylic acids is 1. The molecule has 0 aliphatic carbocycles. The van der Waals surface area contributed by atoms with Crippen molar-refractivity contribution in [3.63, 3.8) is 0 Å². The Hall–Kier alpha value is -0.940. The van der Waals surface area contributed by atoms with Gasteiger partial charge in [-0.3, -0.25) is 4.79 Å². The van der Waals surface area contributed by atoms with Gasteiger partial charge in [0.25, 0.3) is 5.78 Å². The molecule has 1 aliphatic rings. The highest BCUT2D eigenvalue weighted by atomic mass is 16.4. The topological polar surface area (TPSA) is 86.6 Å². The van der Waals surface area contributed by atoms with Crippen molar-refractivity contribution in [3.8, 4) is 0 Å². The van der Waals surface area contributed by atoms with Gasteiger partial charge in [-0.25, -0.2) is 4.79 Å². The van der Waals surface area contributed by atoms with Gasteiger partial charge in [0.05, 0.1) is 0 Å². The fourth-order valence-electron chi connectivity index (χ4n) is 1.29. The van der Waals surface area contributed by atoms with Crippen LogP contribution in [0.15, 0.2) is 0 Å². The monoisotopic (exact) mass is 173 g/mol. The molecule has 5 nitrogen and oxygen atoms in total. The van der Waals surface area contributed by atoms with E-state index in [2.05, 4.69) is 5.32 Å². The number of carboxylic acid groups (broad SMARTS) is 1. The molecule has 0 aromatic carbocycles. The van der Waals surface area contributed by atoms with Gasteiger partial charge >= 0.3 is 5.97 Å². The van der Waals surface area contributed by atoms with Crippen molar-refractivity contribution in [2.24, 2.45) is 0 Å². The summed E-state index contributed by atoms with van der Waals surface area (Å²) < 4.78 is 0. The predicted octanol–water partition coefficient (Wildman–Crippen LogP) is -1.25. The molecule has 0 aromatic heterocycles. The van der Waals surface area contributed by atoms with Gasteiger partial charge in [-0.05, 0) is 19.4 Å². The Morgan fingerprint density at radius 3 is 2.58 bits per heavy atom. The van der Waals surface area contributed by atoms with E-state index in [-0.39, 0.29) is 6.04 Å². The summed E-state index contributed by atoms with van der Waals surface area (Å²) in [5, 5.41) is 20.3. The number of hydrogen-bond donors (Lipinski definition) is 3. The normalized spacial score (nSPS) is 25.2. The van der Waals surface area contributed by atoms with Crippen LogP contribution < -0.4 is 5.32 Å². The smallest absolute Gasteiger partial charge is 0.375 e. The molecule has 0 radical (unpaired) electrons. The number of rotatable bonds is 3. The van der Waals surface area contributed by atoms with E-state index in [4.69, 9.17) is 5.11 Å². The fourth-order valence-corrected chi connectivity index (χ4v) is 1.29. The predicted molar refractivity (Wildman–Crippen MR) is 39.7 cm³/mol. The van der Waals surface area contributed by atoms with Gasteiger partial charge in [-0.1, -0.05) is 0 Å². The molecule has 0 saturated carbocycles. The summed E-state index contributed by atoms with van der Waals surface area (Å²) in [6, 6.07) is -0.381. The van der Waals surface area contributed by atoms with Crippen LogP contribution in [-0.4, -0.2) is 40.7 Å². The van der Waals surface area contributed by atoms with E-state index < -0.39 is 17.9 Å². The average Bonchev–Trinajstić information content (AvgIpc) is 2.53. The molecular formula is C7H11NO4. The Morgan fingerprint density at radius 1 is 1.50 bits per heavy atom. The molecule has 1 aliphatic heterocycles. The van der Waals surface area contributed by atoms with Gasteiger partial charge in [-0.15, -0.1) is 0 Å². The summed E-state index contributed by atoms with van der Waals surface area (Å²) in [7, 11) is 0. The molecule has 0 amide bonds. The van der Waals surface area contributed by atoms with E-state index in [0.29, 0.717) is 6.42 Å². The van der Waals surface area contributed by atoms with Crippen molar-refractivity contribution in [1.82, 2.24) is 5.32 Å². The molecule has 3 N–H and O–H groups in total. The first-order chi connectivity index (χ1) is 5.63. The first-order valence-corrected chi connectivity index (χ1v) is 3.81. The lowest BCUT2D eigenvalue weighted by Gasteiger charge is -2.14. The standard InChI is InChI=1S/C7H11NO4/c9-5(6(10)7(11)12)4-2-1-3-8-4/h4-5,8-9H,1-3H2,(H,11,12)/t4-,5?/m0/s1. The van der Waals surface area contributed by atoms with Crippen LogP contribution in [0, 0.1) is 0 Å². The van der Waals surface area contributed by atoms with Crippen LogP contribution in [0.1, 0.15) is 12.8 Å². The van der Waals surface area contributed by atoms with Crippen molar-refractivity contribution in [2.75, 3.05) is 6.54 Å². The second-order valence-corrected chi connectivity index (χ2v) is 2.82. The van der Waals surface area contributed by atoms with E-state index in [9.17, 15) is 14.7 Å². The van der Waals surface area contributed by atoms with E-state index in [1.807, 2.05) is 0 Å². The number of aliphatic hydroxyl groups is 1. The van der Waals surface area contributed by atoms with Gasteiger partial charge < -0.3 is 15.5 Å². The van der Waals surface area contributed by atoms with Crippen molar-refractivity contribution in [2.45, 2.75) is 25.0 Å². The van der Waals surface area contributed by atoms with E-state index in [0.717, 1.165) is 13.0 Å². The van der Waals surface area contributed by atoms with Crippen molar-refractivity contribution in [3.05, 3.63) is 0 Å². The molecule has 1 fully saturated rings. The summed E-state index contributed by atoms with van der Waals surface area (Å²) in [6.07, 6.45) is 0.124. The Kier molecular flexibility index (Phi) is 2.78. The van der Waals surface area contributed by atoms with Crippen LogP contribution in [0.5, 0.6) is 0 Å². The zero-order valence-corrected chi connectivity index (χ0v) is 6.49. The van der Waals surface area contributed by atoms with Crippen LogP contribution >= 0.6 is 0 Å². The summed E-state index contributed by atoms with van der Waals surface area (Å²) in [5.74, 6) is -2.70. The van der Waals surface area contributed by atoms with E-state index in [1.54, 1.807) is 0 Å². The second-order valence-electron chi connectivity index (χ2n) is 2.82. The molecule has 12 heavy (non-hydrogen) atoms. The lowest BCUT2D eigenvalue weighted by molar-refractivity contribution is -0.153. The molecule has 1 heterocycles. The molecule has 5 heteroatoms. The largest absolute Gasteiger partial charge is 0.475 e. The third kappa shape index (κ3) is 1.80. The van der Waals surface area contributed by atoms with Crippen LogP contribution in [0.2, 0.25) is 0 Å². The minimum absolute atomic E-state index is 0.381. The van der Waals surface area contributed by atoms with E-state index in [1.165, 1.54) is 0 Å². The molecule has 1 rings (SSSR count). The highest BCUT2D eigenvalue weighted by molar-refractivity contribution is 6.34. The minimum atomic E-state index is -1.57. The zero-order chi connectivity index (χ0) is 9.14. The van der Waals surface area contributed by atoms with Gasteiger partial charge in [-0.2, -0.15) is 0 Å². The number of hydrogen-bond acceptors (Lipinski definition) is 4. The highest BCUT2D eigenvalue weighted by Gasteiger charge is 2.31. The van der Waals surface area contributed by atoms with E-state index >= 15 is 0 Å². The third-order valence-corrected chi connectivity index (χ3v) is 1.96.